The van der Waals surface area contributed by atoms with E-state index in [0.717, 1.165) is 29.8 Å². The van der Waals surface area contributed by atoms with E-state index in [0.29, 0.717) is 37.6 Å². The van der Waals surface area contributed by atoms with Gasteiger partial charge < -0.3 is 19.5 Å². The van der Waals surface area contributed by atoms with E-state index in [1.165, 1.54) is 0 Å². The molecule has 0 aliphatic carbocycles. The highest BCUT2D eigenvalue weighted by Gasteiger charge is 2.46. The molecule has 0 unspecified atom stereocenters. The zero-order valence-electron chi connectivity index (χ0n) is 19.3. The molecule has 1 atom stereocenters. The zero-order valence-corrected chi connectivity index (χ0v) is 19.3. The molecule has 0 aromatic heterocycles. The number of nitrogens with zero attached hydrogens (tertiary/aromatic N) is 2. The Kier molecular flexibility index (Phi) is 6.81. The largest absolute Gasteiger partial charge is 0.507 e. The molecule has 2 aromatic rings. The minimum atomic E-state index is -0.659. The lowest BCUT2D eigenvalue weighted by molar-refractivity contribution is -0.140. The van der Waals surface area contributed by atoms with Crippen molar-refractivity contribution in [1.29, 1.82) is 0 Å². The molecular weight excluding hydrogens is 420 g/mol. The van der Waals surface area contributed by atoms with Gasteiger partial charge in [-0.1, -0.05) is 29.8 Å². The van der Waals surface area contributed by atoms with Crippen molar-refractivity contribution in [1.82, 2.24) is 9.80 Å². The molecule has 0 spiro atoms. The third kappa shape index (κ3) is 4.65. The number of morpholine rings is 1. The Labute approximate surface area is 194 Å². The van der Waals surface area contributed by atoms with Gasteiger partial charge in [0.05, 0.1) is 31.9 Å². The van der Waals surface area contributed by atoms with Gasteiger partial charge in [0.25, 0.3) is 11.7 Å². The number of ketones is 1. The molecule has 0 bridgehead atoms. The lowest BCUT2D eigenvalue weighted by atomic mass is 9.94. The van der Waals surface area contributed by atoms with E-state index in [4.69, 9.17) is 9.47 Å². The smallest absolute Gasteiger partial charge is 0.295 e. The summed E-state index contributed by atoms with van der Waals surface area (Å²) in [7, 11) is 1.58. The van der Waals surface area contributed by atoms with Gasteiger partial charge in [-0.15, -0.1) is 0 Å². The maximum Gasteiger partial charge on any atom is 0.295 e. The molecule has 7 heteroatoms. The van der Waals surface area contributed by atoms with E-state index in [9.17, 15) is 14.7 Å². The molecule has 1 amide bonds. The first-order valence-corrected chi connectivity index (χ1v) is 11.2. The standard InChI is InChI=1S/C26H30N2O5/c1-17-4-6-19(7-5-17)23-22(24(29)20-8-9-21(32-3)18(2)16-20)25(30)26(31)28(23)11-10-27-12-14-33-15-13-27/h4-9,16,23,29H,10-15H2,1-3H3/b24-22+/t23-/m1/s1. The first kappa shape index (κ1) is 23.0. The van der Waals surface area contributed by atoms with Crippen LogP contribution >= 0.6 is 0 Å². The summed E-state index contributed by atoms with van der Waals surface area (Å²) in [4.78, 5) is 30.1. The summed E-state index contributed by atoms with van der Waals surface area (Å²) >= 11 is 0. The maximum absolute atomic E-state index is 13.2. The average Bonchev–Trinajstić information content (AvgIpc) is 3.08. The molecule has 0 radical (unpaired) electrons. The average molecular weight is 451 g/mol. The van der Waals surface area contributed by atoms with Crippen LogP contribution < -0.4 is 4.74 Å². The SMILES string of the molecule is COc1ccc(/C(O)=C2\C(=O)C(=O)N(CCN3CCOCC3)[C@@H]2c2ccc(C)cc2)cc1C. The summed E-state index contributed by atoms with van der Waals surface area (Å²) in [5.74, 6) is -0.722. The van der Waals surface area contributed by atoms with Crippen LogP contribution in [0.3, 0.4) is 0 Å². The normalized spacial score (nSPS) is 20.9. The van der Waals surface area contributed by atoms with Gasteiger partial charge in [0.1, 0.15) is 11.5 Å². The Bertz CT molecular complexity index is 1070. The Morgan fingerprint density at radius 2 is 1.76 bits per heavy atom. The number of carbonyl (C=O) groups is 2. The van der Waals surface area contributed by atoms with Crippen LogP contribution in [0, 0.1) is 13.8 Å². The highest BCUT2D eigenvalue weighted by molar-refractivity contribution is 6.46. The molecule has 2 aromatic carbocycles. The van der Waals surface area contributed by atoms with Crippen molar-refractivity contribution in [2.24, 2.45) is 0 Å². The van der Waals surface area contributed by atoms with E-state index >= 15 is 0 Å². The minimum absolute atomic E-state index is 0.121. The van der Waals surface area contributed by atoms with E-state index in [1.807, 2.05) is 38.1 Å². The number of aliphatic hydroxyl groups is 1. The topological polar surface area (TPSA) is 79.3 Å². The molecule has 2 saturated heterocycles. The molecule has 4 rings (SSSR count). The summed E-state index contributed by atoms with van der Waals surface area (Å²) in [5, 5.41) is 11.2. The Morgan fingerprint density at radius 1 is 1.06 bits per heavy atom. The number of Topliss-reactive ketones (excluding diaryl/α,β-unsaturated/α-hetero) is 1. The Balaban J connectivity index is 1.74. The molecule has 1 N–H and O–H groups in total. The highest BCUT2D eigenvalue weighted by Crippen LogP contribution is 2.39. The molecular formula is C26H30N2O5. The predicted octanol–water partition coefficient (Wildman–Crippen LogP) is 3.07. The van der Waals surface area contributed by atoms with E-state index in [2.05, 4.69) is 4.90 Å². The van der Waals surface area contributed by atoms with Crippen molar-refractivity contribution in [3.05, 3.63) is 70.3 Å². The van der Waals surface area contributed by atoms with Crippen LogP contribution in [0.5, 0.6) is 5.75 Å². The van der Waals surface area contributed by atoms with Crippen LogP contribution in [-0.4, -0.2) is 73.1 Å². The van der Waals surface area contributed by atoms with Crippen molar-refractivity contribution >= 4 is 17.4 Å². The van der Waals surface area contributed by atoms with Crippen LogP contribution in [0.2, 0.25) is 0 Å². The van der Waals surface area contributed by atoms with Crippen LogP contribution in [-0.2, 0) is 14.3 Å². The van der Waals surface area contributed by atoms with Gasteiger partial charge in [-0.25, -0.2) is 0 Å². The second-order valence-electron chi connectivity index (χ2n) is 8.54. The summed E-state index contributed by atoms with van der Waals surface area (Å²) in [6.45, 7) is 7.80. The van der Waals surface area contributed by atoms with Gasteiger partial charge in [0.2, 0.25) is 0 Å². The van der Waals surface area contributed by atoms with Gasteiger partial charge in [-0.3, -0.25) is 14.5 Å². The number of ether oxygens (including phenoxy) is 2. The quantitative estimate of drug-likeness (QED) is 0.414. The van der Waals surface area contributed by atoms with Crippen molar-refractivity contribution < 1.29 is 24.2 Å². The number of hydrogen-bond acceptors (Lipinski definition) is 6. The summed E-state index contributed by atoms with van der Waals surface area (Å²) in [6, 6.07) is 12.3. The minimum Gasteiger partial charge on any atom is -0.507 e. The number of amides is 1. The van der Waals surface area contributed by atoms with Gasteiger partial charge in [-0.2, -0.15) is 0 Å². The third-order valence-corrected chi connectivity index (χ3v) is 6.36. The lowest BCUT2D eigenvalue weighted by Crippen LogP contribution is -2.42. The van der Waals surface area contributed by atoms with Gasteiger partial charge in [0, 0.05) is 31.7 Å². The Hall–Kier alpha value is -3.16. The summed E-state index contributed by atoms with van der Waals surface area (Å²) < 4.78 is 10.7. The Morgan fingerprint density at radius 3 is 2.39 bits per heavy atom. The number of rotatable bonds is 6. The number of likely N-dealkylation sites (tertiary alicyclic amines) is 1. The second-order valence-corrected chi connectivity index (χ2v) is 8.54. The number of benzene rings is 2. The van der Waals surface area contributed by atoms with Gasteiger partial charge >= 0.3 is 0 Å². The fraction of sp³-hybridized carbons (Fsp3) is 0.385. The first-order valence-electron chi connectivity index (χ1n) is 11.2. The summed E-state index contributed by atoms with van der Waals surface area (Å²) in [6.07, 6.45) is 0. The molecule has 2 fully saturated rings. The van der Waals surface area contributed by atoms with E-state index in [-0.39, 0.29) is 11.3 Å². The number of carbonyl (C=O) groups excluding carboxylic acids is 2. The van der Waals surface area contributed by atoms with E-state index in [1.54, 1.807) is 30.2 Å². The monoisotopic (exact) mass is 450 g/mol. The fourth-order valence-electron chi connectivity index (χ4n) is 4.46. The molecule has 2 aliphatic rings. The van der Waals surface area contributed by atoms with Crippen LogP contribution in [0.4, 0.5) is 0 Å². The van der Waals surface area contributed by atoms with Crippen molar-refractivity contribution in [3.63, 3.8) is 0 Å². The number of methoxy groups -OCH3 is 1. The van der Waals surface area contributed by atoms with Crippen molar-refractivity contribution in [2.45, 2.75) is 19.9 Å². The van der Waals surface area contributed by atoms with Crippen LogP contribution in [0.25, 0.3) is 5.76 Å². The first-order chi connectivity index (χ1) is 15.9. The zero-order chi connectivity index (χ0) is 23.5. The molecule has 174 valence electrons. The summed E-state index contributed by atoms with van der Waals surface area (Å²) in [5.41, 5.74) is 3.31. The van der Waals surface area contributed by atoms with Gasteiger partial charge in [-0.05, 0) is 43.2 Å². The predicted molar refractivity (Wildman–Crippen MR) is 125 cm³/mol. The van der Waals surface area contributed by atoms with E-state index < -0.39 is 17.7 Å². The fourth-order valence-corrected chi connectivity index (χ4v) is 4.46. The molecule has 0 saturated carbocycles. The third-order valence-electron chi connectivity index (χ3n) is 6.36. The number of aryl methyl sites for hydroxylation is 2. The number of hydrogen-bond donors (Lipinski definition) is 1. The van der Waals surface area contributed by atoms with Gasteiger partial charge in [0.15, 0.2) is 0 Å². The molecule has 2 heterocycles. The lowest BCUT2D eigenvalue weighted by Gasteiger charge is -2.31. The molecule has 2 aliphatic heterocycles. The maximum atomic E-state index is 13.2. The highest BCUT2D eigenvalue weighted by atomic mass is 16.5. The van der Waals surface area contributed by atoms with Crippen molar-refractivity contribution in [2.75, 3.05) is 46.5 Å². The van der Waals surface area contributed by atoms with Crippen LogP contribution in [0.1, 0.15) is 28.3 Å². The molecule has 33 heavy (non-hydrogen) atoms. The van der Waals surface area contributed by atoms with Crippen molar-refractivity contribution in [3.8, 4) is 5.75 Å². The number of aliphatic hydroxyl groups excluding tert-OH is 1. The molecule has 7 nitrogen and oxygen atoms in total. The second kappa shape index (κ2) is 9.77. The van der Waals surface area contributed by atoms with Crippen LogP contribution in [0.15, 0.2) is 48.0 Å².